The molecule has 1 N–H and O–H groups in total. The van der Waals surface area contributed by atoms with Gasteiger partial charge in [-0.25, -0.2) is 4.98 Å². The molecule has 4 rings (SSSR count). The summed E-state index contributed by atoms with van der Waals surface area (Å²) in [5.74, 6) is 0.0500. The van der Waals surface area contributed by atoms with Gasteiger partial charge < -0.3 is 9.88 Å². The molecule has 1 aromatic carbocycles. The lowest BCUT2D eigenvalue weighted by Gasteiger charge is -2.27. The second-order valence-corrected chi connectivity index (χ2v) is 4.91. The van der Waals surface area contributed by atoms with E-state index in [4.69, 9.17) is 0 Å². The number of hydrogen-bond donors (Lipinski definition) is 1. The molecule has 1 amide bonds. The number of aromatic nitrogens is 4. The first-order chi connectivity index (χ1) is 9.81. The normalized spacial score (nSPS) is 14.5. The fraction of sp³-hybridized carbons (Fsp3) is 0.214. The molecule has 0 unspecified atom stereocenters. The largest absolute Gasteiger partial charge is 0.345 e. The minimum atomic E-state index is 0.0500. The molecule has 0 fully saturated rings. The standard InChI is InChI=1S/C14H13N5O/c20-14(10-1-2-12-13(7-10)16-9-15-12)18-5-6-19-11(8-18)3-4-17-19/h1-4,7,9H,5-6,8H2,(H,15,16). The second-order valence-electron chi connectivity index (χ2n) is 4.91. The molecule has 3 heterocycles. The number of rotatable bonds is 1. The zero-order chi connectivity index (χ0) is 13.5. The quantitative estimate of drug-likeness (QED) is 0.725. The molecule has 0 saturated carbocycles. The minimum Gasteiger partial charge on any atom is -0.345 e. The van der Waals surface area contributed by atoms with Gasteiger partial charge in [-0.3, -0.25) is 9.48 Å². The second kappa shape index (κ2) is 4.19. The Morgan fingerprint density at radius 1 is 1.25 bits per heavy atom. The number of H-pyrrole nitrogens is 1. The lowest BCUT2D eigenvalue weighted by molar-refractivity contribution is 0.0706. The third-order valence-corrected chi connectivity index (χ3v) is 3.69. The summed E-state index contributed by atoms with van der Waals surface area (Å²) in [4.78, 5) is 21.6. The van der Waals surface area contributed by atoms with Gasteiger partial charge in [0.15, 0.2) is 0 Å². The number of nitrogens with zero attached hydrogens (tertiary/aromatic N) is 4. The maximum Gasteiger partial charge on any atom is 0.254 e. The molecule has 0 atom stereocenters. The van der Waals surface area contributed by atoms with Crippen LogP contribution in [0.5, 0.6) is 0 Å². The van der Waals surface area contributed by atoms with Crippen LogP contribution in [0.1, 0.15) is 16.1 Å². The summed E-state index contributed by atoms with van der Waals surface area (Å²) in [6.07, 6.45) is 3.42. The lowest BCUT2D eigenvalue weighted by Crippen LogP contribution is -2.38. The predicted octanol–water partition coefficient (Wildman–Crippen LogP) is 1.42. The van der Waals surface area contributed by atoms with Crippen molar-refractivity contribution in [2.75, 3.05) is 6.54 Å². The van der Waals surface area contributed by atoms with Crippen molar-refractivity contribution in [2.24, 2.45) is 0 Å². The molecule has 3 aromatic rings. The molecule has 2 aromatic heterocycles. The van der Waals surface area contributed by atoms with Gasteiger partial charge in [-0.2, -0.15) is 5.10 Å². The molecule has 1 aliphatic rings. The molecule has 20 heavy (non-hydrogen) atoms. The van der Waals surface area contributed by atoms with Crippen molar-refractivity contribution in [3.05, 3.63) is 48.0 Å². The van der Waals surface area contributed by atoms with Crippen LogP contribution in [-0.2, 0) is 13.1 Å². The average Bonchev–Trinajstić information content (AvgIpc) is 3.13. The maximum atomic E-state index is 12.6. The topological polar surface area (TPSA) is 66.8 Å². The van der Waals surface area contributed by atoms with Gasteiger partial charge in [0.1, 0.15) is 0 Å². The SMILES string of the molecule is O=C(c1ccc2nc[nH]c2c1)N1CCn2nccc2C1. The van der Waals surface area contributed by atoms with Crippen LogP contribution in [0, 0.1) is 0 Å². The number of nitrogens with one attached hydrogen (secondary N) is 1. The smallest absolute Gasteiger partial charge is 0.254 e. The number of carbonyl (C=O) groups is 1. The number of imidazole rings is 1. The third kappa shape index (κ3) is 1.69. The van der Waals surface area contributed by atoms with Gasteiger partial charge in [0.05, 0.1) is 36.1 Å². The summed E-state index contributed by atoms with van der Waals surface area (Å²) < 4.78 is 1.95. The Labute approximate surface area is 115 Å². The first-order valence-electron chi connectivity index (χ1n) is 6.54. The van der Waals surface area contributed by atoms with Crippen molar-refractivity contribution in [1.29, 1.82) is 0 Å². The van der Waals surface area contributed by atoms with Gasteiger partial charge in [0.25, 0.3) is 5.91 Å². The maximum absolute atomic E-state index is 12.6. The summed E-state index contributed by atoms with van der Waals surface area (Å²) in [5.41, 5.74) is 3.53. The fourth-order valence-electron chi connectivity index (χ4n) is 2.61. The van der Waals surface area contributed by atoms with E-state index >= 15 is 0 Å². The highest BCUT2D eigenvalue weighted by molar-refractivity contribution is 5.97. The monoisotopic (exact) mass is 267 g/mol. The van der Waals surface area contributed by atoms with E-state index in [0.29, 0.717) is 18.7 Å². The van der Waals surface area contributed by atoms with Crippen LogP contribution in [0.4, 0.5) is 0 Å². The molecule has 6 heteroatoms. The van der Waals surface area contributed by atoms with E-state index in [1.807, 2.05) is 33.8 Å². The Hall–Kier alpha value is -2.63. The van der Waals surface area contributed by atoms with E-state index in [0.717, 1.165) is 23.3 Å². The van der Waals surface area contributed by atoms with E-state index in [1.165, 1.54) is 0 Å². The number of carbonyl (C=O) groups excluding carboxylic acids is 1. The fourth-order valence-corrected chi connectivity index (χ4v) is 2.61. The summed E-state index contributed by atoms with van der Waals surface area (Å²) in [6.45, 7) is 2.05. The first kappa shape index (κ1) is 11.2. The molecule has 100 valence electrons. The Morgan fingerprint density at radius 3 is 3.15 bits per heavy atom. The van der Waals surface area contributed by atoms with E-state index in [1.54, 1.807) is 12.5 Å². The van der Waals surface area contributed by atoms with Crippen molar-refractivity contribution in [1.82, 2.24) is 24.6 Å². The van der Waals surface area contributed by atoms with Gasteiger partial charge in [-0.1, -0.05) is 0 Å². The summed E-state index contributed by atoms with van der Waals surface area (Å²) in [5, 5.41) is 4.22. The van der Waals surface area contributed by atoms with Crippen molar-refractivity contribution in [3.63, 3.8) is 0 Å². The molecular formula is C14H13N5O. The first-order valence-corrected chi connectivity index (χ1v) is 6.54. The predicted molar refractivity (Wildman–Crippen MR) is 73.1 cm³/mol. The number of hydrogen-bond acceptors (Lipinski definition) is 3. The van der Waals surface area contributed by atoms with Crippen LogP contribution in [0.15, 0.2) is 36.8 Å². The average molecular weight is 267 g/mol. The molecule has 1 aliphatic heterocycles. The van der Waals surface area contributed by atoms with Crippen LogP contribution in [0.2, 0.25) is 0 Å². The molecule has 0 radical (unpaired) electrons. The number of amides is 1. The van der Waals surface area contributed by atoms with Crippen LogP contribution >= 0.6 is 0 Å². The summed E-state index contributed by atoms with van der Waals surface area (Å²) in [7, 11) is 0. The summed E-state index contributed by atoms with van der Waals surface area (Å²) >= 11 is 0. The highest BCUT2D eigenvalue weighted by atomic mass is 16.2. The van der Waals surface area contributed by atoms with Crippen LogP contribution < -0.4 is 0 Å². The van der Waals surface area contributed by atoms with Gasteiger partial charge in [0.2, 0.25) is 0 Å². The van der Waals surface area contributed by atoms with E-state index in [9.17, 15) is 4.79 Å². The van der Waals surface area contributed by atoms with E-state index in [-0.39, 0.29) is 5.91 Å². The molecule has 0 aliphatic carbocycles. The molecule has 0 spiro atoms. The van der Waals surface area contributed by atoms with Crippen LogP contribution in [0.25, 0.3) is 11.0 Å². The van der Waals surface area contributed by atoms with Crippen molar-refractivity contribution in [2.45, 2.75) is 13.1 Å². The Kier molecular flexibility index (Phi) is 2.35. The Balaban J connectivity index is 1.64. The number of fused-ring (bicyclic) bond motifs is 2. The molecule has 0 saturated heterocycles. The third-order valence-electron chi connectivity index (χ3n) is 3.69. The zero-order valence-electron chi connectivity index (χ0n) is 10.8. The van der Waals surface area contributed by atoms with Crippen molar-refractivity contribution < 1.29 is 4.79 Å². The molecular weight excluding hydrogens is 254 g/mol. The number of benzene rings is 1. The zero-order valence-corrected chi connectivity index (χ0v) is 10.8. The van der Waals surface area contributed by atoms with Gasteiger partial charge in [0, 0.05) is 18.3 Å². The molecule has 0 bridgehead atoms. The summed E-state index contributed by atoms with van der Waals surface area (Å²) in [6, 6.07) is 7.51. The highest BCUT2D eigenvalue weighted by Crippen LogP contribution is 2.17. The van der Waals surface area contributed by atoms with Gasteiger partial charge in [-0.15, -0.1) is 0 Å². The van der Waals surface area contributed by atoms with Crippen molar-refractivity contribution in [3.8, 4) is 0 Å². The van der Waals surface area contributed by atoms with Gasteiger partial charge >= 0.3 is 0 Å². The Bertz CT molecular complexity index is 788. The van der Waals surface area contributed by atoms with Gasteiger partial charge in [-0.05, 0) is 24.3 Å². The lowest BCUT2D eigenvalue weighted by atomic mass is 10.1. The number of aromatic amines is 1. The highest BCUT2D eigenvalue weighted by Gasteiger charge is 2.22. The van der Waals surface area contributed by atoms with Crippen LogP contribution in [0.3, 0.4) is 0 Å². The molecule has 6 nitrogen and oxygen atoms in total. The van der Waals surface area contributed by atoms with E-state index in [2.05, 4.69) is 15.1 Å². The minimum absolute atomic E-state index is 0.0500. The van der Waals surface area contributed by atoms with Crippen molar-refractivity contribution >= 4 is 16.9 Å². The van der Waals surface area contributed by atoms with E-state index < -0.39 is 0 Å². The van der Waals surface area contributed by atoms with Crippen LogP contribution in [-0.4, -0.2) is 37.1 Å². The Morgan fingerprint density at radius 2 is 2.20 bits per heavy atom.